The highest BCUT2D eigenvalue weighted by Gasteiger charge is 2.10. The molecule has 142 valence electrons. The molecule has 1 amide bonds. The van der Waals surface area contributed by atoms with Gasteiger partial charge in [-0.3, -0.25) is 4.79 Å². The molecular weight excluding hydrogens is 405 g/mol. The zero-order chi connectivity index (χ0) is 19.1. The third-order valence-corrected chi connectivity index (χ3v) is 6.57. The van der Waals surface area contributed by atoms with Gasteiger partial charge in [0.05, 0.1) is 17.1 Å². The Labute approximate surface area is 169 Å². The summed E-state index contributed by atoms with van der Waals surface area (Å²) in [5, 5.41) is 15.5. The molecule has 0 radical (unpaired) electrons. The number of amides is 1. The van der Waals surface area contributed by atoms with E-state index in [1.807, 2.05) is 13.0 Å². The first kappa shape index (κ1) is 19.8. The highest BCUT2D eigenvalue weighted by molar-refractivity contribution is 8.03. The SMILES string of the molecule is CCCNC(=O)CSc1nnc(SCc2ccn(-c3cccc(F)c3)n2)s1. The lowest BCUT2D eigenvalue weighted by atomic mass is 10.3. The van der Waals surface area contributed by atoms with E-state index in [4.69, 9.17) is 0 Å². The fourth-order valence-electron chi connectivity index (χ4n) is 2.09. The topological polar surface area (TPSA) is 72.7 Å². The number of aromatic nitrogens is 4. The van der Waals surface area contributed by atoms with Crippen molar-refractivity contribution in [1.82, 2.24) is 25.3 Å². The predicted molar refractivity (Wildman–Crippen MR) is 107 cm³/mol. The molecule has 0 aliphatic carbocycles. The number of carbonyl (C=O) groups is 1. The second kappa shape index (κ2) is 9.86. The van der Waals surface area contributed by atoms with Crippen molar-refractivity contribution in [1.29, 1.82) is 0 Å². The highest BCUT2D eigenvalue weighted by atomic mass is 32.2. The van der Waals surface area contributed by atoms with Crippen molar-refractivity contribution in [2.45, 2.75) is 27.8 Å². The van der Waals surface area contributed by atoms with Gasteiger partial charge in [0, 0.05) is 18.5 Å². The van der Waals surface area contributed by atoms with E-state index in [9.17, 15) is 9.18 Å². The number of thioether (sulfide) groups is 2. The summed E-state index contributed by atoms with van der Waals surface area (Å²) in [6, 6.07) is 8.20. The normalized spacial score (nSPS) is 10.9. The molecule has 10 heteroatoms. The van der Waals surface area contributed by atoms with E-state index < -0.39 is 0 Å². The number of hydrogen-bond donors (Lipinski definition) is 1. The number of halogens is 1. The molecule has 0 saturated carbocycles. The minimum atomic E-state index is -0.291. The quantitative estimate of drug-likeness (QED) is 0.528. The summed E-state index contributed by atoms with van der Waals surface area (Å²) in [4.78, 5) is 11.6. The zero-order valence-corrected chi connectivity index (χ0v) is 17.0. The van der Waals surface area contributed by atoms with E-state index in [-0.39, 0.29) is 11.7 Å². The van der Waals surface area contributed by atoms with Crippen molar-refractivity contribution in [3.8, 4) is 5.69 Å². The van der Waals surface area contributed by atoms with Gasteiger partial charge in [-0.05, 0) is 30.7 Å². The molecule has 0 unspecified atom stereocenters. The molecule has 2 heterocycles. The summed E-state index contributed by atoms with van der Waals surface area (Å²) in [5.74, 6) is 0.700. The Kier molecular flexibility index (Phi) is 7.25. The molecule has 0 aliphatic rings. The molecule has 3 aromatic rings. The molecule has 1 N–H and O–H groups in total. The predicted octanol–water partition coefficient (Wildman–Crippen LogP) is 3.77. The second-order valence-corrected chi connectivity index (χ2v) is 8.92. The highest BCUT2D eigenvalue weighted by Crippen LogP contribution is 2.30. The number of nitrogens with zero attached hydrogens (tertiary/aromatic N) is 4. The molecule has 0 saturated heterocycles. The van der Waals surface area contributed by atoms with Crippen molar-refractivity contribution in [2.24, 2.45) is 0 Å². The van der Waals surface area contributed by atoms with E-state index in [2.05, 4.69) is 20.6 Å². The van der Waals surface area contributed by atoms with Gasteiger partial charge in [0.2, 0.25) is 5.91 Å². The van der Waals surface area contributed by atoms with Crippen LogP contribution in [0, 0.1) is 5.82 Å². The van der Waals surface area contributed by atoms with Crippen LogP contribution in [0.3, 0.4) is 0 Å². The lowest BCUT2D eigenvalue weighted by molar-refractivity contribution is -0.118. The molecule has 6 nitrogen and oxygen atoms in total. The van der Waals surface area contributed by atoms with Crippen LogP contribution in [0.2, 0.25) is 0 Å². The molecule has 0 atom stereocenters. The van der Waals surface area contributed by atoms with Crippen LogP contribution in [0.15, 0.2) is 45.2 Å². The molecular formula is C17H18FN5OS3. The first-order valence-electron chi connectivity index (χ1n) is 8.30. The van der Waals surface area contributed by atoms with Crippen LogP contribution in [-0.4, -0.2) is 38.2 Å². The summed E-state index contributed by atoms with van der Waals surface area (Å²) < 4.78 is 16.6. The maximum Gasteiger partial charge on any atom is 0.230 e. The van der Waals surface area contributed by atoms with Crippen LogP contribution in [0.5, 0.6) is 0 Å². The zero-order valence-electron chi connectivity index (χ0n) is 14.6. The van der Waals surface area contributed by atoms with Crippen molar-refractivity contribution in [3.05, 3.63) is 48.0 Å². The van der Waals surface area contributed by atoms with Gasteiger partial charge in [-0.25, -0.2) is 9.07 Å². The Morgan fingerprint density at radius 3 is 2.85 bits per heavy atom. The summed E-state index contributed by atoms with van der Waals surface area (Å²) in [6.45, 7) is 2.71. The fraction of sp³-hybridized carbons (Fsp3) is 0.294. The average molecular weight is 424 g/mol. The lowest BCUT2D eigenvalue weighted by Crippen LogP contribution is -2.25. The van der Waals surface area contributed by atoms with Crippen LogP contribution < -0.4 is 5.32 Å². The molecule has 0 fully saturated rings. The third-order valence-electron chi connectivity index (χ3n) is 3.35. The maximum absolute atomic E-state index is 13.3. The molecule has 2 aromatic heterocycles. The van der Waals surface area contributed by atoms with E-state index in [1.54, 1.807) is 23.0 Å². The Hall–Kier alpha value is -1.91. The minimum absolute atomic E-state index is 0.00846. The summed E-state index contributed by atoms with van der Waals surface area (Å²) in [5.41, 5.74) is 1.55. The third kappa shape index (κ3) is 6.05. The standard InChI is InChI=1S/C17H18FN5OS3/c1-2-7-19-15(24)11-26-17-21-20-16(27-17)25-10-13-6-8-23(22-13)14-5-3-4-12(18)9-14/h3-6,8-9H,2,7,10-11H2,1H3,(H,19,24). The Bertz CT molecular complexity index is 898. The molecule has 1 aromatic carbocycles. The second-order valence-electron chi connectivity index (χ2n) is 5.49. The van der Waals surface area contributed by atoms with E-state index in [1.165, 1.54) is 47.0 Å². The number of rotatable bonds is 9. The van der Waals surface area contributed by atoms with Crippen molar-refractivity contribution in [3.63, 3.8) is 0 Å². The van der Waals surface area contributed by atoms with Gasteiger partial charge in [-0.2, -0.15) is 5.10 Å². The molecule has 27 heavy (non-hydrogen) atoms. The number of hydrogen-bond acceptors (Lipinski definition) is 7. The van der Waals surface area contributed by atoms with Crippen LogP contribution >= 0.6 is 34.9 Å². The number of benzene rings is 1. The largest absolute Gasteiger partial charge is 0.355 e. The van der Waals surface area contributed by atoms with E-state index in [0.717, 1.165) is 20.8 Å². The average Bonchev–Trinajstić information content (AvgIpc) is 3.32. The van der Waals surface area contributed by atoms with Crippen molar-refractivity contribution < 1.29 is 9.18 Å². The van der Waals surface area contributed by atoms with Crippen LogP contribution in [0.25, 0.3) is 5.69 Å². The summed E-state index contributed by atoms with van der Waals surface area (Å²) >= 11 is 4.39. The van der Waals surface area contributed by atoms with Crippen molar-refractivity contribution in [2.75, 3.05) is 12.3 Å². The molecule has 0 spiro atoms. The Morgan fingerprint density at radius 2 is 2.07 bits per heavy atom. The molecule has 0 aliphatic heterocycles. The Balaban J connectivity index is 1.49. The van der Waals surface area contributed by atoms with E-state index >= 15 is 0 Å². The number of nitrogens with one attached hydrogen (secondary N) is 1. The van der Waals surface area contributed by atoms with Crippen molar-refractivity contribution >= 4 is 40.8 Å². The minimum Gasteiger partial charge on any atom is -0.355 e. The summed E-state index contributed by atoms with van der Waals surface area (Å²) in [7, 11) is 0. The van der Waals surface area contributed by atoms with E-state index in [0.29, 0.717) is 23.7 Å². The first-order chi connectivity index (χ1) is 13.1. The fourth-order valence-corrected chi connectivity index (χ4v) is 4.84. The van der Waals surface area contributed by atoms with Gasteiger partial charge in [-0.15, -0.1) is 10.2 Å². The maximum atomic E-state index is 13.3. The van der Waals surface area contributed by atoms with Gasteiger partial charge in [0.1, 0.15) is 5.82 Å². The van der Waals surface area contributed by atoms with Crippen LogP contribution in [-0.2, 0) is 10.5 Å². The van der Waals surface area contributed by atoms with Gasteiger partial charge < -0.3 is 5.32 Å². The van der Waals surface area contributed by atoms with Crippen LogP contribution in [0.1, 0.15) is 19.0 Å². The van der Waals surface area contributed by atoms with Gasteiger partial charge in [0.15, 0.2) is 8.68 Å². The molecule has 3 rings (SSSR count). The summed E-state index contributed by atoms with van der Waals surface area (Å²) in [6.07, 6.45) is 2.73. The van der Waals surface area contributed by atoms with Gasteiger partial charge >= 0.3 is 0 Å². The number of carbonyl (C=O) groups excluding carboxylic acids is 1. The van der Waals surface area contributed by atoms with Gasteiger partial charge in [-0.1, -0.05) is 47.9 Å². The Morgan fingerprint density at radius 1 is 1.26 bits per heavy atom. The first-order valence-corrected chi connectivity index (χ1v) is 11.1. The molecule has 0 bridgehead atoms. The monoisotopic (exact) mass is 423 g/mol. The lowest BCUT2D eigenvalue weighted by Gasteiger charge is -2.00. The smallest absolute Gasteiger partial charge is 0.230 e. The van der Waals surface area contributed by atoms with Gasteiger partial charge in [0.25, 0.3) is 0 Å². The van der Waals surface area contributed by atoms with Crippen LogP contribution in [0.4, 0.5) is 4.39 Å².